The Bertz CT molecular complexity index is 1040. The third-order valence-corrected chi connectivity index (χ3v) is 6.93. The highest BCUT2D eigenvalue weighted by molar-refractivity contribution is 7.09. The van der Waals surface area contributed by atoms with Gasteiger partial charge in [0.2, 0.25) is 18.6 Å². The smallest absolute Gasteiger partial charge is 0.306 e. The van der Waals surface area contributed by atoms with Crippen LogP contribution >= 0.6 is 11.3 Å². The van der Waals surface area contributed by atoms with Crippen molar-refractivity contribution < 1.29 is 33.3 Å². The molecule has 2 aliphatic heterocycles. The molecule has 2 amide bonds. The summed E-state index contributed by atoms with van der Waals surface area (Å²) in [5, 5.41) is 1.97. The molecule has 36 heavy (non-hydrogen) atoms. The number of hydrogen-bond acceptors (Lipinski definition) is 8. The van der Waals surface area contributed by atoms with E-state index in [9.17, 15) is 14.4 Å². The second-order valence-corrected chi connectivity index (χ2v) is 9.76. The molecule has 194 valence electrons. The number of hydrogen-bond donors (Lipinski definition) is 0. The summed E-state index contributed by atoms with van der Waals surface area (Å²) in [6, 6.07) is 9.57. The van der Waals surface area contributed by atoms with Gasteiger partial charge in [0.1, 0.15) is 0 Å². The van der Waals surface area contributed by atoms with Crippen molar-refractivity contribution in [3.63, 3.8) is 0 Å². The quantitative estimate of drug-likeness (QED) is 0.399. The second kappa shape index (κ2) is 12.7. The predicted octanol–water partition coefficient (Wildman–Crippen LogP) is 3.36. The number of amides is 2. The van der Waals surface area contributed by atoms with Crippen LogP contribution in [0.4, 0.5) is 0 Å². The highest BCUT2D eigenvalue weighted by atomic mass is 32.1. The van der Waals surface area contributed by atoms with Gasteiger partial charge in [-0.15, -0.1) is 11.3 Å². The molecular weight excluding hydrogens is 484 g/mol. The van der Waals surface area contributed by atoms with Crippen molar-refractivity contribution in [1.29, 1.82) is 0 Å². The fourth-order valence-corrected chi connectivity index (χ4v) is 4.95. The average Bonchev–Trinajstić information content (AvgIpc) is 3.65. The maximum absolute atomic E-state index is 13.6. The molecule has 2 aromatic rings. The van der Waals surface area contributed by atoms with Crippen LogP contribution in [0.15, 0.2) is 35.7 Å². The van der Waals surface area contributed by atoms with Crippen molar-refractivity contribution in [2.24, 2.45) is 0 Å². The van der Waals surface area contributed by atoms with Crippen LogP contribution in [0.2, 0.25) is 0 Å². The van der Waals surface area contributed by atoms with Gasteiger partial charge in [0.15, 0.2) is 11.5 Å². The third kappa shape index (κ3) is 7.20. The topological polar surface area (TPSA) is 94.6 Å². The molecule has 3 heterocycles. The Morgan fingerprint density at radius 2 is 1.92 bits per heavy atom. The van der Waals surface area contributed by atoms with Crippen LogP contribution in [0.1, 0.15) is 43.0 Å². The van der Waals surface area contributed by atoms with Crippen LogP contribution in [-0.4, -0.2) is 66.8 Å². The highest BCUT2D eigenvalue weighted by Gasteiger charge is 2.27. The summed E-state index contributed by atoms with van der Waals surface area (Å²) in [5.74, 6) is 0.487. The Morgan fingerprint density at radius 3 is 2.67 bits per heavy atom. The molecule has 1 atom stereocenters. The van der Waals surface area contributed by atoms with Gasteiger partial charge in [-0.2, -0.15) is 0 Å². The van der Waals surface area contributed by atoms with E-state index in [1.54, 1.807) is 23.2 Å². The van der Waals surface area contributed by atoms with Crippen LogP contribution in [0.25, 0.3) is 0 Å². The van der Waals surface area contributed by atoms with Crippen molar-refractivity contribution in [3.05, 3.63) is 46.2 Å². The zero-order valence-corrected chi connectivity index (χ0v) is 21.3. The van der Waals surface area contributed by atoms with Gasteiger partial charge >= 0.3 is 5.97 Å². The molecule has 2 aliphatic rings. The first kappa shape index (κ1) is 26.0. The van der Waals surface area contributed by atoms with Crippen molar-refractivity contribution >= 4 is 29.1 Å². The molecule has 1 fully saturated rings. The number of ether oxygens (including phenoxy) is 4. The zero-order chi connectivity index (χ0) is 25.3. The molecule has 1 unspecified atom stereocenters. The van der Waals surface area contributed by atoms with E-state index < -0.39 is 5.97 Å². The van der Waals surface area contributed by atoms with Crippen molar-refractivity contribution in [3.8, 4) is 11.5 Å². The number of esters is 1. The first-order valence-electron chi connectivity index (χ1n) is 12.3. The van der Waals surface area contributed by atoms with E-state index in [-0.39, 0.29) is 50.7 Å². The number of rotatable bonds is 12. The Balaban J connectivity index is 1.47. The van der Waals surface area contributed by atoms with E-state index >= 15 is 0 Å². The molecule has 1 saturated heterocycles. The predicted molar refractivity (Wildman–Crippen MR) is 133 cm³/mol. The Kier molecular flexibility index (Phi) is 9.18. The van der Waals surface area contributed by atoms with E-state index in [4.69, 9.17) is 18.9 Å². The molecule has 4 rings (SSSR count). The molecule has 0 N–H and O–H groups in total. The molecule has 1 aromatic heterocycles. The minimum absolute atomic E-state index is 0.00802. The number of nitrogens with zero attached hydrogens (tertiary/aromatic N) is 2. The first-order chi connectivity index (χ1) is 17.5. The van der Waals surface area contributed by atoms with Crippen LogP contribution in [-0.2, 0) is 36.9 Å². The largest absolute Gasteiger partial charge is 0.466 e. The van der Waals surface area contributed by atoms with E-state index in [1.807, 2.05) is 35.7 Å². The number of thiophene rings is 1. The SMILES string of the molecule is CCOC(=O)CCC(=O)N(CC(=O)N(Cc1ccc2c(c1)OCO2)Cc1cccs1)CC1CCCO1. The minimum atomic E-state index is -0.420. The van der Waals surface area contributed by atoms with Crippen LogP contribution in [0.5, 0.6) is 11.5 Å². The summed E-state index contributed by atoms with van der Waals surface area (Å²) in [6.07, 6.45) is 1.64. The number of fused-ring (bicyclic) bond motifs is 1. The van der Waals surface area contributed by atoms with Crippen LogP contribution in [0, 0.1) is 0 Å². The lowest BCUT2D eigenvalue weighted by molar-refractivity contribution is -0.147. The van der Waals surface area contributed by atoms with Crippen LogP contribution in [0.3, 0.4) is 0 Å². The van der Waals surface area contributed by atoms with Gasteiger partial charge in [-0.1, -0.05) is 12.1 Å². The van der Waals surface area contributed by atoms with E-state index in [1.165, 1.54) is 4.90 Å². The summed E-state index contributed by atoms with van der Waals surface area (Å²) in [4.78, 5) is 42.8. The van der Waals surface area contributed by atoms with Crippen molar-refractivity contribution in [2.75, 3.05) is 33.1 Å². The lowest BCUT2D eigenvalue weighted by atomic mass is 10.1. The Hall–Kier alpha value is -3.11. The maximum atomic E-state index is 13.6. The molecule has 0 radical (unpaired) electrons. The normalized spacial score (nSPS) is 16.1. The molecular formula is C26H32N2O7S. The molecule has 0 saturated carbocycles. The molecule has 0 bridgehead atoms. The zero-order valence-electron chi connectivity index (χ0n) is 20.5. The van der Waals surface area contributed by atoms with Gasteiger partial charge in [-0.3, -0.25) is 14.4 Å². The van der Waals surface area contributed by atoms with Crippen molar-refractivity contribution in [2.45, 2.75) is 51.8 Å². The molecule has 0 aliphatic carbocycles. The standard InChI is InChI=1S/C26H32N2O7S/c1-2-32-26(31)10-9-24(29)28(15-20-5-3-11-33-20)17-25(30)27(16-21-6-4-12-36-21)14-19-7-8-22-23(13-19)35-18-34-22/h4,6-8,12-13,20H,2-3,5,9-11,14-18H2,1H3. The second-order valence-electron chi connectivity index (χ2n) is 8.73. The van der Waals surface area contributed by atoms with E-state index in [0.29, 0.717) is 37.7 Å². The molecule has 0 spiro atoms. The summed E-state index contributed by atoms with van der Waals surface area (Å²) in [7, 11) is 0. The Labute approximate surface area is 214 Å². The fraction of sp³-hybridized carbons (Fsp3) is 0.500. The van der Waals surface area contributed by atoms with Gasteiger partial charge in [0, 0.05) is 31.0 Å². The lowest BCUT2D eigenvalue weighted by Crippen LogP contribution is -2.45. The molecule has 1 aromatic carbocycles. The fourth-order valence-electron chi connectivity index (χ4n) is 4.23. The maximum Gasteiger partial charge on any atom is 0.306 e. The van der Waals surface area contributed by atoms with Crippen LogP contribution < -0.4 is 9.47 Å². The summed E-state index contributed by atoms with van der Waals surface area (Å²) >= 11 is 1.58. The van der Waals surface area contributed by atoms with E-state index in [0.717, 1.165) is 23.3 Å². The van der Waals surface area contributed by atoms with Gasteiger partial charge in [0.25, 0.3) is 0 Å². The number of benzene rings is 1. The number of carbonyl (C=O) groups is 3. The molecule has 10 heteroatoms. The molecule has 9 nitrogen and oxygen atoms in total. The number of carbonyl (C=O) groups excluding carboxylic acids is 3. The summed E-state index contributed by atoms with van der Waals surface area (Å²) in [5.41, 5.74) is 0.906. The lowest BCUT2D eigenvalue weighted by Gasteiger charge is -2.29. The minimum Gasteiger partial charge on any atom is -0.466 e. The highest BCUT2D eigenvalue weighted by Crippen LogP contribution is 2.33. The third-order valence-electron chi connectivity index (χ3n) is 6.07. The first-order valence-corrected chi connectivity index (χ1v) is 13.1. The van der Waals surface area contributed by atoms with E-state index in [2.05, 4.69) is 0 Å². The van der Waals surface area contributed by atoms with Gasteiger partial charge in [-0.25, -0.2) is 0 Å². The monoisotopic (exact) mass is 516 g/mol. The average molecular weight is 517 g/mol. The van der Waals surface area contributed by atoms with Gasteiger partial charge < -0.3 is 28.7 Å². The van der Waals surface area contributed by atoms with Crippen molar-refractivity contribution in [1.82, 2.24) is 9.80 Å². The summed E-state index contributed by atoms with van der Waals surface area (Å²) < 4.78 is 21.6. The van der Waals surface area contributed by atoms with Gasteiger partial charge in [-0.05, 0) is 48.9 Å². The summed E-state index contributed by atoms with van der Waals surface area (Å²) in [6.45, 7) is 3.85. The Morgan fingerprint density at radius 1 is 1.06 bits per heavy atom. The van der Waals surface area contributed by atoms with Gasteiger partial charge in [0.05, 0.1) is 32.2 Å².